The predicted molar refractivity (Wildman–Crippen MR) is 64.8 cm³/mol. The highest BCUT2D eigenvalue weighted by Crippen LogP contribution is 2.14. The number of nitrogens with one attached hydrogen (secondary N) is 1. The minimum absolute atomic E-state index is 0.235. The maximum absolute atomic E-state index is 11.9. The number of hydrogen-bond acceptors (Lipinski definition) is 4. The molecule has 3 N–H and O–H groups in total. The molecule has 1 aromatic heterocycles. The van der Waals surface area contributed by atoms with Crippen molar-refractivity contribution in [3.63, 3.8) is 0 Å². The minimum atomic E-state index is -0.235. The van der Waals surface area contributed by atoms with Crippen molar-refractivity contribution in [2.45, 2.75) is 13.8 Å². The molecule has 0 atom stereocenters. The van der Waals surface area contributed by atoms with E-state index in [4.69, 9.17) is 10.3 Å². The molecule has 0 saturated heterocycles. The first kappa shape index (κ1) is 11.2. The van der Waals surface area contributed by atoms with Crippen molar-refractivity contribution in [3.05, 3.63) is 41.2 Å². The molecule has 88 valence electrons. The quantitative estimate of drug-likeness (QED) is 0.776. The van der Waals surface area contributed by atoms with Gasteiger partial charge in [0.15, 0.2) is 5.82 Å². The summed E-state index contributed by atoms with van der Waals surface area (Å²) in [5, 5.41) is 6.33. The fourth-order valence-electron chi connectivity index (χ4n) is 1.43. The number of carbonyl (C=O) groups is 1. The Morgan fingerprint density at radius 2 is 2.12 bits per heavy atom. The smallest absolute Gasteiger partial charge is 0.256 e. The van der Waals surface area contributed by atoms with Gasteiger partial charge in [0.25, 0.3) is 5.91 Å². The lowest BCUT2D eigenvalue weighted by molar-refractivity contribution is 0.102. The molecule has 1 aromatic carbocycles. The van der Waals surface area contributed by atoms with E-state index in [1.165, 1.54) is 0 Å². The third kappa shape index (κ3) is 2.44. The monoisotopic (exact) mass is 231 g/mol. The number of amides is 1. The van der Waals surface area contributed by atoms with E-state index in [1.54, 1.807) is 31.2 Å². The summed E-state index contributed by atoms with van der Waals surface area (Å²) in [4.78, 5) is 11.9. The molecule has 0 radical (unpaired) electrons. The molecule has 2 rings (SSSR count). The number of nitrogen functional groups attached to an aromatic ring is 1. The van der Waals surface area contributed by atoms with E-state index >= 15 is 0 Å². The summed E-state index contributed by atoms with van der Waals surface area (Å²) in [6.45, 7) is 3.61. The Balaban J connectivity index is 2.17. The number of hydrogen-bond donors (Lipinski definition) is 2. The normalized spacial score (nSPS) is 10.2. The summed E-state index contributed by atoms with van der Waals surface area (Å²) in [5.41, 5.74) is 7.76. The summed E-state index contributed by atoms with van der Waals surface area (Å²) >= 11 is 0. The Labute approximate surface area is 98.6 Å². The van der Waals surface area contributed by atoms with Crippen LogP contribution in [0.5, 0.6) is 0 Å². The van der Waals surface area contributed by atoms with Crippen LogP contribution >= 0.6 is 0 Å². The van der Waals surface area contributed by atoms with Crippen LogP contribution in [0.2, 0.25) is 0 Å². The van der Waals surface area contributed by atoms with Crippen molar-refractivity contribution >= 4 is 17.4 Å². The minimum Gasteiger partial charge on any atom is -0.399 e. The maximum atomic E-state index is 11.9. The fraction of sp³-hybridized carbons (Fsp3) is 0.167. The first-order valence-corrected chi connectivity index (χ1v) is 5.17. The van der Waals surface area contributed by atoms with E-state index in [1.807, 2.05) is 6.92 Å². The van der Waals surface area contributed by atoms with E-state index in [9.17, 15) is 4.79 Å². The molecule has 1 heterocycles. The second kappa shape index (κ2) is 4.29. The van der Waals surface area contributed by atoms with Crippen molar-refractivity contribution in [3.8, 4) is 0 Å². The molecule has 0 aliphatic carbocycles. The largest absolute Gasteiger partial charge is 0.399 e. The van der Waals surface area contributed by atoms with Crippen molar-refractivity contribution in [2.24, 2.45) is 0 Å². The number of anilines is 2. The third-order valence-electron chi connectivity index (χ3n) is 2.40. The van der Waals surface area contributed by atoms with E-state index in [0.717, 1.165) is 5.56 Å². The third-order valence-corrected chi connectivity index (χ3v) is 2.40. The summed E-state index contributed by atoms with van der Waals surface area (Å²) in [7, 11) is 0. The Morgan fingerprint density at radius 1 is 1.35 bits per heavy atom. The van der Waals surface area contributed by atoms with Gasteiger partial charge in [-0.3, -0.25) is 4.79 Å². The maximum Gasteiger partial charge on any atom is 0.256 e. The molecule has 0 saturated carbocycles. The Kier molecular flexibility index (Phi) is 2.82. The van der Waals surface area contributed by atoms with Crippen LogP contribution in [0, 0.1) is 13.8 Å². The molecule has 0 aliphatic heterocycles. The van der Waals surface area contributed by atoms with Crippen LogP contribution in [0.3, 0.4) is 0 Å². The van der Waals surface area contributed by atoms with Crippen LogP contribution in [0.1, 0.15) is 21.7 Å². The molecule has 1 amide bonds. The second-order valence-electron chi connectivity index (χ2n) is 3.85. The Hall–Kier alpha value is -2.30. The number of benzene rings is 1. The van der Waals surface area contributed by atoms with Crippen LogP contribution in [0.15, 0.2) is 28.8 Å². The molecule has 2 aromatic rings. The van der Waals surface area contributed by atoms with Gasteiger partial charge in [-0.25, -0.2) is 0 Å². The van der Waals surface area contributed by atoms with Gasteiger partial charge in [-0.2, -0.15) is 0 Å². The van der Waals surface area contributed by atoms with Gasteiger partial charge >= 0.3 is 0 Å². The molecule has 17 heavy (non-hydrogen) atoms. The summed E-state index contributed by atoms with van der Waals surface area (Å²) in [6.07, 6.45) is 0. The number of carbonyl (C=O) groups excluding carboxylic acids is 1. The van der Waals surface area contributed by atoms with Crippen molar-refractivity contribution in [1.82, 2.24) is 5.16 Å². The number of aromatic nitrogens is 1. The van der Waals surface area contributed by atoms with E-state index in [2.05, 4.69) is 10.5 Å². The average molecular weight is 231 g/mol. The fourth-order valence-corrected chi connectivity index (χ4v) is 1.43. The van der Waals surface area contributed by atoms with Gasteiger partial charge in [-0.15, -0.1) is 0 Å². The second-order valence-corrected chi connectivity index (χ2v) is 3.85. The summed E-state index contributed by atoms with van der Waals surface area (Å²) in [6, 6.07) is 6.77. The number of rotatable bonds is 2. The molecule has 0 spiro atoms. The van der Waals surface area contributed by atoms with Gasteiger partial charge in [0.05, 0.1) is 0 Å². The lowest BCUT2D eigenvalue weighted by atomic mass is 10.1. The van der Waals surface area contributed by atoms with Crippen LogP contribution in [0.25, 0.3) is 0 Å². The number of aryl methyl sites for hydroxylation is 2. The average Bonchev–Trinajstić information content (AvgIpc) is 2.68. The lowest BCUT2D eigenvalue weighted by Gasteiger charge is -2.04. The standard InChI is InChI=1S/C12H13N3O2/c1-7-5-9(3-4-10(7)13)12(16)14-11-6-8(2)17-15-11/h3-6H,13H2,1-2H3,(H,14,15,16). The zero-order valence-corrected chi connectivity index (χ0v) is 9.65. The molecule has 0 aliphatic rings. The zero-order chi connectivity index (χ0) is 12.4. The topological polar surface area (TPSA) is 81.2 Å². The SMILES string of the molecule is Cc1cc(NC(=O)c2ccc(N)c(C)c2)no1. The molecular formula is C12H13N3O2. The molecule has 0 fully saturated rings. The first-order chi connectivity index (χ1) is 8.06. The lowest BCUT2D eigenvalue weighted by Crippen LogP contribution is -2.12. The molecule has 5 nitrogen and oxygen atoms in total. The van der Waals surface area contributed by atoms with Crippen LogP contribution in [-0.4, -0.2) is 11.1 Å². The van der Waals surface area contributed by atoms with Gasteiger partial charge in [-0.1, -0.05) is 5.16 Å². The summed E-state index contributed by atoms with van der Waals surface area (Å²) < 4.78 is 4.86. The van der Waals surface area contributed by atoms with Crippen LogP contribution in [-0.2, 0) is 0 Å². The molecule has 0 bridgehead atoms. The molecule has 5 heteroatoms. The zero-order valence-electron chi connectivity index (χ0n) is 9.65. The first-order valence-electron chi connectivity index (χ1n) is 5.17. The number of nitrogens with zero attached hydrogens (tertiary/aromatic N) is 1. The number of nitrogens with two attached hydrogens (primary N) is 1. The van der Waals surface area contributed by atoms with E-state index in [0.29, 0.717) is 22.8 Å². The van der Waals surface area contributed by atoms with Crippen LogP contribution in [0.4, 0.5) is 11.5 Å². The van der Waals surface area contributed by atoms with Crippen molar-refractivity contribution < 1.29 is 9.32 Å². The Morgan fingerprint density at radius 3 is 2.71 bits per heavy atom. The predicted octanol–water partition coefficient (Wildman–Crippen LogP) is 2.13. The van der Waals surface area contributed by atoms with Gasteiger partial charge in [0.2, 0.25) is 0 Å². The molecular weight excluding hydrogens is 218 g/mol. The van der Waals surface area contributed by atoms with Gasteiger partial charge in [0, 0.05) is 17.3 Å². The highest BCUT2D eigenvalue weighted by molar-refractivity contribution is 6.04. The summed E-state index contributed by atoms with van der Waals surface area (Å²) in [5.74, 6) is 0.817. The highest BCUT2D eigenvalue weighted by Gasteiger charge is 2.09. The van der Waals surface area contributed by atoms with E-state index in [-0.39, 0.29) is 5.91 Å². The van der Waals surface area contributed by atoms with E-state index < -0.39 is 0 Å². The van der Waals surface area contributed by atoms with Crippen LogP contribution < -0.4 is 11.1 Å². The van der Waals surface area contributed by atoms with Gasteiger partial charge in [-0.05, 0) is 37.6 Å². The van der Waals surface area contributed by atoms with Gasteiger partial charge < -0.3 is 15.6 Å². The highest BCUT2D eigenvalue weighted by atomic mass is 16.5. The van der Waals surface area contributed by atoms with Crippen molar-refractivity contribution in [1.29, 1.82) is 0 Å². The van der Waals surface area contributed by atoms with Crippen molar-refractivity contribution in [2.75, 3.05) is 11.1 Å². The molecule has 0 unspecified atom stereocenters. The Bertz CT molecular complexity index is 561. The van der Waals surface area contributed by atoms with Gasteiger partial charge in [0.1, 0.15) is 5.76 Å².